The number of carbonyl (C=O) groups is 1. The first-order chi connectivity index (χ1) is 9.19. The molecule has 0 radical (unpaired) electrons. The Balaban J connectivity index is 1.79. The third kappa shape index (κ3) is 3.85. The number of nitrogens with zero attached hydrogens (tertiary/aromatic N) is 4. The summed E-state index contributed by atoms with van der Waals surface area (Å²) >= 11 is 1.64. The fourth-order valence-corrected chi connectivity index (χ4v) is 2.72. The number of hydrogen-bond acceptors (Lipinski definition) is 5. The smallest absolute Gasteiger partial charge is 0.222 e. The summed E-state index contributed by atoms with van der Waals surface area (Å²) in [6.07, 6.45) is 4.37. The molecule has 0 atom stereocenters. The van der Waals surface area contributed by atoms with Crippen molar-refractivity contribution in [2.45, 2.75) is 39.8 Å². The van der Waals surface area contributed by atoms with Gasteiger partial charge >= 0.3 is 0 Å². The van der Waals surface area contributed by atoms with Gasteiger partial charge in [0.15, 0.2) is 0 Å². The number of aromatic nitrogens is 4. The van der Waals surface area contributed by atoms with Crippen molar-refractivity contribution in [1.29, 1.82) is 0 Å². The Labute approximate surface area is 115 Å². The van der Waals surface area contributed by atoms with Crippen molar-refractivity contribution in [3.8, 4) is 0 Å². The molecule has 102 valence electrons. The molecule has 0 spiro atoms. The topological polar surface area (TPSA) is 72.7 Å². The van der Waals surface area contributed by atoms with Crippen LogP contribution in [0.2, 0.25) is 0 Å². The lowest BCUT2D eigenvalue weighted by Crippen LogP contribution is -2.24. The van der Waals surface area contributed by atoms with Crippen LogP contribution >= 0.6 is 11.3 Å². The van der Waals surface area contributed by atoms with E-state index in [-0.39, 0.29) is 5.91 Å². The Hall–Kier alpha value is -1.76. The van der Waals surface area contributed by atoms with Gasteiger partial charge < -0.3 is 5.32 Å². The third-order valence-corrected chi connectivity index (χ3v) is 3.71. The van der Waals surface area contributed by atoms with Crippen LogP contribution in [0, 0.1) is 6.92 Å². The molecule has 0 aromatic carbocycles. The molecule has 2 heterocycles. The monoisotopic (exact) mass is 279 g/mol. The summed E-state index contributed by atoms with van der Waals surface area (Å²) in [4.78, 5) is 21.1. The standard InChI is InChI=1S/C12H17N5OS/c1-3-10-11(19-9(2)16-10)6-14-12(18)4-5-17-8-13-7-15-17/h7-8H,3-6H2,1-2H3,(H,14,18). The SMILES string of the molecule is CCc1nc(C)sc1CNC(=O)CCn1cncn1. The second kappa shape index (κ2) is 6.42. The molecule has 0 bridgehead atoms. The van der Waals surface area contributed by atoms with Crippen molar-refractivity contribution in [3.05, 3.63) is 28.2 Å². The van der Waals surface area contributed by atoms with E-state index < -0.39 is 0 Å². The summed E-state index contributed by atoms with van der Waals surface area (Å²) in [6.45, 7) is 5.17. The van der Waals surface area contributed by atoms with E-state index in [0.717, 1.165) is 22.0 Å². The van der Waals surface area contributed by atoms with Crippen molar-refractivity contribution >= 4 is 17.2 Å². The zero-order chi connectivity index (χ0) is 13.7. The number of nitrogens with one attached hydrogen (secondary N) is 1. The second-order valence-electron chi connectivity index (χ2n) is 4.14. The highest BCUT2D eigenvalue weighted by molar-refractivity contribution is 7.11. The fourth-order valence-electron chi connectivity index (χ4n) is 1.76. The van der Waals surface area contributed by atoms with Gasteiger partial charge in [-0.15, -0.1) is 11.3 Å². The van der Waals surface area contributed by atoms with Gasteiger partial charge in [-0.25, -0.2) is 9.97 Å². The quantitative estimate of drug-likeness (QED) is 0.865. The van der Waals surface area contributed by atoms with Crippen LogP contribution in [0.15, 0.2) is 12.7 Å². The number of thiazole rings is 1. The molecule has 0 saturated heterocycles. The molecule has 1 N–H and O–H groups in total. The number of aryl methyl sites for hydroxylation is 3. The minimum absolute atomic E-state index is 0.0172. The number of carbonyl (C=O) groups excluding carboxylic acids is 1. The number of hydrogen-bond donors (Lipinski definition) is 1. The van der Waals surface area contributed by atoms with Crippen LogP contribution in [0.25, 0.3) is 0 Å². The Morgan fingerprint density at radius 2 is 2.37 bits per heavy atom. The summed E-state index contributed by atoms with van der Waals surface area (Å²) in [5.74, 6) is 0.0172. The maximum absolute atomic E-state index is 11.7. The zero-order valence-corrected chi connectivity index (χ0v) is 11.9. The largest absolute Gasteiger partial charge is 0.351 e. The van der Waals surface area contributed by atoms with Gasteiger partial charge in [-0.05, 0) is 13.3 Å². The maximum Gasteiger partial charge on any atom is 0.222 e. The molecule has 2 aromatic rings. The first-order valence-corrected chi connectivity index (χ1v) is 7.05. The van der Waals surface area contributed by atoms with E-state index in [0.29, 0.717) is 19.5 Å². The minimum atomic E-state index is 0.0172. The average molecular weight is 279 g/mol. The van der Waals surface area contributed by atoms with Gasteiger partial charge in [0.2, 0.25) is 5.91 Å². The first-order valence-electron chi connectivity index (χ1n) is 6.23. The summed E-state index contributed by atoms with van der Waals surface area (Å²) in [7, 11) is 0. The van der Waals surface area contributed by atoms with E-state index >= 15 is 0 Å². The molecule has 1 amide bonds. The zero-order valence-electron chi connectivity index (χ0n) is 11.1. The van der Waals surface area contributed by atoms with Crippen molar-refractivity contribution in [2.75, 3.05) is 0 Å². The van der Waals surface area contributed by atoms with Crippen LogP contribution in [0.1, 0.15) is 28.9 Å². The maximum atomic E-state index is 11.7. The van der Waals surface area contributed by atoms with Crippen molar-refractivity contribution < 1.29 is 4.79 Å². The van der Waals surface area contributed by atoms with E-state index in [1.54, 1.807) is 22.3 Å². The highest BCUT2D eigenvalue weighted by Gasteiger charge is 2.09. The van der Waals surface area contributed by atoms with Crippen LogP contribution in [-0.2, 0) is 24.3 Å². The minimum Gasteiger partial charge on any atom is -0.351 e. The Bertz CT molecular complexity index is 534. The van der Waals surface area contributed by atoms with E-state index in [9.17, 15) is 4.79 Å². The molecule has 19 heavy (non-hydrogen) atoms. The van der Waals surface area contributed by atoms with Crippen LogP contribution < -0.4 is 5.32 Å². The fraction of sp³-hybridized carbons (Fsp3) is 0.500. The van der Waals surface area contributed by atoms with E-state index in [1.165, 1.54) is 6.33 Å². The highest BCUT2D eigenvalue weighted by atomic mass is 32.1. The predicted octanol–water partition coefficient (Wildman–Crippen LogP) is 1.31. The number of rotatable bonds is 6. The Kier molecular flexibility index (Phi) is 4.62. The molecule has 0 aliphatic rings. The second-order valence-corrected chi connectivity index (χ2v) is 5.43. The van der Waals surface area contributed by atoms with Crippen molar-refractivity contribution in [2.24, 2.45) is 0 Å². The lowest BCUT2D eigenvalue weighted by Gasteiger charge is -2.04. The third-order valence-electron chi connectivity index (χ3n) is 2.70. The molecule has 0 aliphatic heterocycles. The van der Waals surface area contributed by atoms with E-state index in [1.807, 2.05) is 6.92 Å². The molecule has 0 aliphatic carbocycles. The summed E-state index contributed by atoms with van der Waals surface area (Å²) in [5.41, 5.74) is 1.08. The van der Waals surface area contributed by atoms with E-state index in [4.69, 9.17) is 0 Å². The molecule has 2 rings (SSSR count). The highest BCUT2D eigenvalue weighted by Crippen LogP contribution is 2.18. The Morgan fingerprint density at radius 3 is 3.05 bits per heavy atom. The molecule has 0 saturated carbocycles. The van der Waals surface area contributed by atoms with Crippen LogP contribution in [0.4, 0.5) is 0 Å². The molecular weight excluding hydrogens is 262 g/mol. The van der Waals surface area contributed by atoms with Crippen molar-refractivity contribution in [3.63, 3.8) is 0 Å². The predicted molar refractivity (Wildman–Crippen MR) is 72.7 cm³/mol. The summed E-state index contributed by atoms with van der Waals surface area (Å²) in [6, 6.07) is 0. The number of amides is 1. The molecule has 6 nitrogen and oxygen atoms in total. The van der Waals surface area contributed by atoms with Crippen molar-refractivity contribution in [1.82, 2.24) is 25.1 Å². The van der Waals surface area contributed by atoms with Crippen LogP contribution in [-0.4, -0.2) is 25.7 Å². The van der Waals surface area contributed by atoms with Crippen LogP contribution in [0.3, 0.4) is 0 Å². The molecular formula is C12H17N5OS. The van der Waals surface area contributed by atoms with Gasteiger partial charge in [0.05, 0.1) is 23.8 Å². The molecule has 2 aromatic heterocycles. The van der Waals surface area contributed by atoms with Gasteiger partial charge in [0.1, 0.15) is 12.7 Å². The molecule has 7 heteroatoms. The Morgan fingerprint density at radius 1 is 1.53 bits per heavy atom. The lowest BCUT2D eigenvalue weighted by atomic mass is 10.3. The van der Waals surface area contributed by atoms with Gasteiger partial charge in [-0.2, -0.15) is 5.10 Å². The van der Waals surface area contributed by atoms with Gasteiger partial charge in [0, 0.05) is 11.3 Å². The summed E-state index contributed by atoms with van der Waals surface area (Å²) < 4.78 is 1.65. The van der Waals surface area contributed by atoms with Gasteiger partial charge in [-0.1, -0.05) is 6.92 Å². The van der Waals surface area contributed by atoms with Gasteiger partial charge in [-0.3, -0.25) is 9.48 Å². The summed E-state index contributed by atoms with van der Waals surface area (Å²) in [5, 5.41) is 7.92. The lowest BCUT2D eigenvalue weighted by molar-refractivity contribution is -0.121. The average Bonchev–Trinajstić information content (AvgIpc) is 3.02. The normalized spacial score (nSPS) is 10.6. The van der Waals surface area contributed by atoms with Gasteiger partial charge in [0.25, 0.3) is 0 Å². The molecule has 0 unspecified atom stereocenters. The first kappa shape index (κ1) is 13.7. The van der Waals surface area contributed by atoms with Crippen LogP contribution in [0.5, 0.6) is 0 Å². The van der Waals surface area contributed by atoms with E-state index in [2.05, 4.69) is 27.3 Å². The molecule has 0 fully saturated rings.